The monoisotopic (exact) mass is 245 g/mol. The van der Waals surface area contributed by atoms with E-state index < -0.39 is 5.66 Å². The first-order valence-corrected chi connectivity index (χ1v) is 6.03. The molecule has 2 aliphatic heterocycles. The first-order chi connectivity index (χ1) is 8.56. The molecule has 0 radical (unpaired) electrons. The van der Waals surface area contributed by atoms with Crippen LogP contribution in [0.3, 0.4) is 0 Å². The van der Waals surface area contributed by atoms with Crippen LogP contribution in [-0.4, -0.2) is 24.4 Å². The molecule has 2 amide bonds. The minimum absolute atomic E-state index is 0.189. The van der Waals surface area contributed by atoms with Gasteiger partial charge in [-0.1, -0.05) is 18.2 Å². The minimum Gasteiger partial charge on any atom is -0.286 e. The van der Waals surface area contributed by atoms with Crippen LogP contribution in [0.4, 0.5) is 5.69 Å². The number of benzene rings is 1. The number of carbonyl (C=O) groups excluding carboxylic acids is 2. The average molecular weight is 245 g/mol. The van der Waals surface area contributed by atoms with E-state index in [-0.39, 0.29) is 17.9 Å². The molecule has 5 nitrogen and oxygen atoms in total. The van der Waals surface area contributed by atoms with Crippen LogP contribution >= 0.6 is 0 Å². The second kappa shape index (κ2) is 3.63. The van der Waals surface area contributed by atoms with Crippen molar-refractivity contribution in [3.63, 3.8) is 0 Å². The molecule has 0 unspecified atom stereocenters. The number of fused-ring (bicyclic) bond motifs is 2. The lowest BCUT2D eigenvalue weighted by molar-refractivity contribution is -0.129. The highest BCUT2D eigenvalue weighted by molar-refractivity contribution is 6.22. The molecule has 0 bridgehead atoms. The third-order valence-corrected chi connectivity index (χ3v) is 3.52. The Balaban J connectivity index is 2.19. The van der Waals surface area contributed by atoms with Crippen LogP contribution in [0.1, 0.15) is 19.4 Å². The SMILES string of the molecule is CC(=O)N1C(=O)[C@@]2(NC[C@@H](C)N2)c2ccccc21. The van der Waals surface area contributed by atoms with Crippen molar-refractivity contribution in [2.45, 2.75) is 25.6 Å². The van der Waals surface area contributed by atoms with Gasteiger partial charge in [0, 0.05) is 25.1 Å². The highest BCUT2D eigenvalue weighted by Gasteiger charge is 2.55. The molecule has 2 heterocycles. The zero-order valence-corrected chi connectivity index (χ0v) is 10.4. The fourth-order valence-corrected chi connectivity index (χ4v) is 2.78. The van der Waals surface area contributed by atoms with Crippen molar-refractivity contribution in [3.8, 4) is 0 Å². The highest BCUT2D eigenvalue weighted by Crippen LogP contribution is 2.40. The van der Waals surface area contributed by atoms with E-state index >= 15 is 0 Å². The predicted molar refractivity (Wildman–Crippen MR) is 66.9 cm³/mol. The number of amides is 2. The minimum atomic E-state index is -0.929. The highest BCUT2D eigenvalue weighted by atomic mass is 16.2. The van der Waals surface area contributed by atoms with E-state index in [4.69, 9.17) is 0 Å². The van der Waals surface area contributed by atoms with Gasteiger partial charge in [0.1, 0.15) is 0 Å². The van der Waals surface area contributed by atoms with E-state index in [1.165, 1.54) is 11.8 Å². The van der Waals surface area contributed by atoms with Crippen molar-refractivity contribution in [2.24, 2.45) is 0 Å². The van der Waals surface area contributed by atoms with Crippen molar-refractivity contribution in [1.82, 2.24) is 10.6 Å². The van der Waals surface area contributed by atoms with Gasteiger partial charge in [-0.2, -0.15) is 0 Å². The molecule has 18 heavy (non-hydrogen) atoms. The molecule has 1 fully saturated rings. The molecule has 94 valence electrons. The molecule has 1 aromatic rings. The Morgan fingerprint density at radius 2 is 2.17 bits per heavy atom. The molecular weight excluding hydrogens is 230 g/mol. The first-order valence-electron chi connectivity index (χ1n) is 6.03. The molecule has 0 aliphatic carbocycles. The summed E-state index contributed by atoms with van der Waals surface area (Å²) in [5.41, 5.74) is 0.570. The number of carbonyl (C=O) groups is 2. The maximum absolute atomic E-state index is 12.6. The van der Waals surface area contributed by atoms with Crippen molar-refractivity contribution in [3.05, 3.63) is 29.8 Å². The Kier molecular flexibility index (Phi) is 2.30. The van der Waals surface area contributed by atoms with Gasteiger partial charge in [-0.3, -0.25) is 20.2 Å². The molecule has 5 heteroatoms. The lowest BCUT2D eigenvalue weighted by atomic mass is 10.0. The van der Waals surface area contributed by atoms with Crippen LogP contribution in [0.15, 0.2) is 24.3 Å². The summed E-state index contributed by atoms with van der Waals surface area (Å²) in [6.45, 7) is 4.12. The van der Waals surface area contributed by atoms with Crippen molar-refractivity contribution in [2.75, 3.05) is 11.4 Å². The molecular formula is C13H15N3O2. The van der Waals surface area contributed by atoms with Gasteiger partial charge < -0.3 is 0 Å². The normalized spacial score (nSPS) is 30.0. The summed E-state index contributed by atoms with van der Waals surface area (Å²) < 4.78 is 0. The molecule has 2 aliphatic rings. The van der Waals surface area contributed by atoms with E-state index in [1.807, 2.05) is 25.1 Å². The Bertz CT molecular complexity index is 543. The summed E-state index contributed by atoms with van der Waals surface area (Å²) in [4.78, 5) is 25.5. The van der Waals surface area contributed by atoms with Gasteiger partial charge in [0.25, 0.3) is 5.91 Å². The van der Waals surface area contributed by atoms with Gasteiger partial charge in [-0.15, -0.1) is 0 Å². The Morgan fingerprint density at radius 3 is 2.78 bits per heavy atom. The molecule has 1 aromatic carbocycles. The standard InChI is InChI=1S/C13H15N3O2/c1-8-7-14-13(15-8)10-5-3-4-6-11(10)16(9(2)17)12(13)18/h3-6,8,14-15H,7H2,1-2H3/t8-,13-/m1/s1. The average Bonchev–Trinajstić information content (AvgIpc) is 2.82. The Labute approximate surface area is 105 Å². The third kappa shape index (κ3) is 1.28. The summed E-state index contributed by atoms with van der Waals surface area (Å²) in [6.07, 6.45) is 0. The number of imide groups is 1. The van der Waals surface area contributed by atoms with Gasteiger partial charge in [-0.05, 0) is 13.0 Å². The largest absolute Gasteiger partial charge is 0.286 e. The zero-order chi connectivity index (χ0) is 12.9. The van der Waals surface area contributed by atoms with Crippen LogP contribution in [0.25, 0.3) is 0 Å². The number of nitrogens with zero attached hydrogens (tertiary/aromatic N) is 1. The second-order valence-electron chi connectivity index (χ2n) is 4.85. The van der Waals surface area contributed by atoms with Crippen LogP contribution in [0.2, 0.25) is 0 Å². The molecule has 2 N–H and O–H groups in total. The maximum Gasteiger partial charge on any atom is 0.273 e. The zero-order valence-electron chi connectivity index (χ0n) is 10.4. The Hall–Kier alpha value is -1.72. The van der Waals surface area contributed by atoms with Gasteiger partial charge in [-0.25, -0.2) is 4.90 Å². The lowest BCUT2D eigenvalue weighted by Gasteiger charge is -2.23. The van der Waals surface area contributed by atoms with E-state index in [1.54, 1.807) is 6.07 Å². The summed E-state index contributed by atoms with van der Waals surface area (Å²) in [7, 11) is 0. The third-order valence-electron chi connectivity index (χ3n) is 3.52. The fraction of sp³-hybridized carbons (Fsp3) is 0.385. The van der Waals surface area contributed by atoms with Crippen molar-refractivity contribution < 1.29 is 9.59 Å². The second-order valence-corrected chi connectivity index (χ2v) is 4.85. The number of rotatable bonds is 0. The molecule has 1 spiro atoms. The smallest absolute Gasteiger partial charge is 0.273 e. The number of hydrogen-bond acceptors (Lipinski definition) is 4. The van der Waals surface area contributed by atoms with E-state index in [9.17, 15) is 9.59 Å². The summed E-state index contributed by atoms with van der Waals surface area (Å²) >= 11 is 0. The van der Waals surface area contributed by atoms with E-state index in [0.29, 0.717) is 12.2 Å². The van der Waals surface area contributed by atoms with Crippen LogP contribution in [0, 0.1) is 0 Å². The van der Waals surface area contributed by atoms with Crippen LogP contribution < -0.4 is 15.5 Å². The quantitative estimate of drug-likeness (QED) is 0.691. The lowest BCUT2D eigenvalue weighted by Crippen LogP contribution is -2.55. The number of para-hydroxylation sites is 1. The molecule has 0 saturated carbocycles. The van der Waals surface area contributed by atoms with E-state index in [2.05, 4.69) is 10.6 Å². The van der Waals surface area contributed by atoms with Crippen molar-refractivity contribution in [1.29, 1.82) is 0 Å². The number of hydrogen-bond donors (Lipinski definition) is 2. The molecule has 1 saturated heterocycles. The van der Waals surface area contributed by atoms with Crippen LogP contribution in [0.5, 0.6) is 0 Å². The van der Waals surface area contributed by atoms with E-state index in [0.717, 1.165) is 5.56 Å². The summed E-state index contributed by atoms with van der Waals surface area (Å²) in [6, 6.07) is 7.58. The first kappa shape index (κ1) is 11.4. The van der Waals surface area contributed by atoms with Gasteiger partial charge >= 0.3 is 0 Å². The topological polar surface area (TPSA) is 61.4 Å². The summed E-state index contributed by atoms with van der Waals surface area (Å²) in [5, 5.41) is 6.48. The number of nitrogens with one attached hydrogen (secondary N) is 2. The maximum atomic E-state index is 12.6. The van der Waals surface area contributed by atoms with Gasteiger partial charge in [0.15, 0.2) is 5.66 Å². The predicted octanol–water partition coefficient (Wildman–Crippen LogP) is 0.314. The van der Waals surface area contributed by atoms with Gasteiger partial charge in [0.2, 0.25) is 5.91 Å². The molecule has 0 aromatic heterocycles. The molecule has 2 atom stereocenters. The molecule has 3 rings (SSSR count). The van der Waals surface area contributed by atoms with Crippen LogP contribution in [-0.2, 0) is 15.3 Å². The number of anilines is 1. The van der Waals surface area contributed by atoms with Crippen molar-refractivity contribution >= 4 is 17.5 Å². The Morgan fingerprint density at radius 1 is 1.44 bits per heavy atom. The van der Waals surface area contributed by atoms with Gasteiger partial charge in [0.05, 0.1) is 5.69 Å². The summed E-state index contributed by atoms with van der Waals surface area (Å²) in [5.74, 6) is -0.493. The fourth-order valence-electron chi connectivity index (χ4n) is 2.78.